The fourth-order valence-electron chi connectivity index (χ4n) is 3.32. The van der Waals surface area contributed by atoms with Gasteiger partial charge >= 0.3 is 0 Å². The van der Waals surface area contributed by atoms with Crippen LogP contribution < -0.4 is 5.56 Å². The Morgan fingerprint density at radius 2 is 2.00 bits per heavy atom. The van der Waals surface area contributed by atoms with E-state index in [2.05, 4.69) is 19.1 Å². The Labute approximate surface area is 174 Å². The van der Waals surface area contributed by atoms with Gasteiger partial charge in [0.2, 0.25) is 5.91 Å². The number of fused-ring (bicyclic) bond motifs is 1. The molecule has 0 spiro atoms. The quantitative estimate of drug-likeness (QED) is 0.486. The highest BCUT2D eigenvalue weighted by molar-refractivity contribution is 8.00. The van der Waals surface area contributed by atoms with Crippen LogP contribution >= 0.6 is 23.5 Å². The molecule has 7 heteroatoms. The smallest absolute Gasteiger partial charge is 0.268 e. The Bertz CT molecular complexity index is 879. The molecule has 0 aliphatic carbocycles. The highest BCUT2D eigenvalue weighted by atomic mass is 32.2. The van der Waals surface area contributed by atoms with E-state index in [0.717, 1.165) is 23.4 Å². The fraction of sp³-hybridized carbons (Fsp3) is 0.476. The summed E-state index contributed by atoms with van der Waals surface area (Å²) in [5, 5.41) is 1.03. The second kappa shape index (κ2) is 9.65. The molecule has 1 aliphatic rings. The first-order valence-corrected chi connectivity index (χ1v) is 11.6. The summed E-state index contributed by atoms with van der Waals surface area (Å²) < 4.78 is 1.76. The van der Waals surface area contributed by atoms with Crippen molar-refractivity contribution in [1.82, 2.24) is 14.5 Å². The van der Waals surface area contributed by atoms with Crippen LogP contribution in [0.15, 0.2) is 45.2 Å². The SMILES string of the molecule is CCN(CC)C(=O)CSc1nc2c(c(=O)n1CCc1ccccc1)SC(C)C2. The van der Waals surface area contributed by atoms with Crippen LogP contribution in [0, 0.1) is 0 Å². The van der Waals surface area contributed by atoms with Gasteiger partial charge in [-0.3, -0.25) is 14.2 Å². The number of amides is 1. The molecule has 2 heterocycles. The fourth-order valence-corrected chi connectivity index (χ4v) is 5.38. The van der Waals surface area contributed by atoms with Gasteiger partial charge in [0.1, 0.15) is 0 Å². The summed E-state index contributed by atoms with van der Waals surface area (Å²) in [5.74, 6) is 0.392. The van der Waals surface area contributed by atoms with Crippen LogP contribution in [0.3, 0.4) is 0 Å². The maximum Gasteiger partial charge on any atom is 0.268 e. The monoisotopic (exact) mass is 417 g/mol. The van der Waals surface area contributed by atoms with Crippen LogP contribution in [0.4, 0.5) is 0 Å². The van der Waals surface area contributed by atoms with E-state index >= 15 is 0 Å². The lowest BCUT2D eigenvalue weighted by molar-refractivity contribution is -0.127. The largest absolute Gasteiger partial charge is 0.343 e. The number of benzene rings is 1. The van der Waals surface area contributed by atoms with Gasteiger partial charge < -0.3 is 4.90 Å². The van der Waals surface area contributed by atoms with Crippen LogP contribution in [0.2, 0.25) is 0 Å². The molecule has 3 rings (SSSR count). The van der Waals surface area contributed by atoms with Crippen LogP contribution in [0.25, 0.3) is 0 Å². The van der Waals surface area contributed by atoms with Gasteiger partial charge in [-0.2, -0.15) is 0 Å². The zero-order chi connectivity index (χ0) is 20.1. The van der Waals surface area contributed by atoms with Gasteiger partial charge in [-0.05, 0) is 25.8 Å². The number of hydrogen-bond donors (Lipinski definition) is 0. The second-order valence-corrected chi connectivity index (χ2v) is 9.24. The predicted octanol–water partition coefficient (Wildman–Crippen LogP) is 3.48. The van der Waals surface area contributed by atoms with E-state index in [-0.39, 0.29) is 11.5 Å². The molecule has 1 unspecified atom stereocenters. The van der Waals surface area contributed by atoms with E-state index in [4.69, 9.17) is 4.98 Å². The van der Waals surface area contributed by atoms with Crippen molar-refractivity contribution in [1.29, 1.82) is 0 Å². The molecular formula is C21H27N3O2S2. The Morgan fingerprint density at radius 3 is 2.68 bits per heavy atom. The number of rotatable bonds is 8. The average Bonchev–Trinajstić information content (AvgIpc) is 3.08. The number of aryl methyl sites for hydroxylation is 1. The molecule has 0 N–H and O–H groups in total. The van der Waals surface area contributed by atoms with Crippen LogP contribution in [0.1, 0.15) is 32.0 Å². The highest BCUT2D eigenvalue weighted by Crippen LogP contribution is 2.34. The Balaban J connectivity index is 1.84. The number of carbonyl (C=O) groups excluding carboxylic acids is 1. The summed E-state index contributed by atoms with van der Waals surface area (Å²) in [6, 6.07) is 10.1. The lowest BCUT2D eigenvalue weighted by Crippen LogP contribution is -2.32. The molecule has 1 atom stereocenters. The minimum atomic E-state index is 0.0352. The standard InChI is InChI=1S/C21H27N3O2S2/c1-4-23(5-2)18(25)14-27-21-22-17-13-15(3)28-19(17)20(26)24(21)12-11-16-9-7-6-8-10-16/h6-10,15H,4-5,11-14H2,1-3H3. The molecule has 0 saturated heterocycles. The van der Waals surface area contributed by atoms with Gasteiger partial charge in [-0.25, -0.2) is 4.98 Å². The maximum atomic E-state index is 13.1. The summed E-state index contributed by atoms with van der Waals surface area (Å²) in [6.45, 7) is 8.05. The lowest BCUT2D eigenvalue weighted by atomic mass is 10.1. The number of hydrogen-bond acceptors (Lipinski definition) is 5. The van der Waals surface area contributed by atoms with Gasteiger partial charge in [0.25, 0.3) is 5.56 Å². The van der Waals surface area contributed by atoms with Gasteiger partial charge in [0.15, 0.2) is 5.16 Å². The molecule has 2 aromatic rings. The van der Waals surface area contributed by atoms with E-state index in [9.17, 15) is 9.59 Å². The molecule has 1 aromatic carbocycles. The van der Waals surface area contributed by atoms with Crippen molar-refractivity contribution >= 4 is 29.4 Å². The summed E-state index contributed by atoms with van der Waals surface area (Å²) in [4.78, 5) is 32.9. The zero-order valence-electron chi connectivity index (χ0n) is 16.7. The zero-order valence-corrected chi connectivity index (χ0v) is 18.3. The molecule has 150 valence electrons. The second-order valence-electron chi connectivity index (χ2n) is 6.85. The lowest BCUT2D eigenvalue weighted by Gasteiger charge is -2.19. The molecule has 5 nitrogen and oxygen atoms in total. The Hall–Kier alpha value is -1.73. The molecule has 0 radical (unpaired) electrons. The van der Waals surface area contributed by atoms with Crippen molar-refractivity contribution in [2.45, 2.75) is 55.5 Å². The van der Waals surface area contributed by atoms with Crippen molar-refractivity contribution in [3.05, 3.63) is 51.9 Å². The predicted molar refractivity (Wildman–Crippen MR) is 116 cm³/mol. The average molecular weight is 418 g/mol. The van der Waals surface area contributed by atoms with Gasteiger partial charge in [0.05, 0.1) is 16.3 Å². The van der Waals surface area contributed by atoms with Crippen LogP contribution in [0.5, 0.6) is 0 Å². The van der Waals surface area contributed by atoms with Crippen LogP contribution in [-0.2, 0) is 24.2 Å². The molecule has 1 aliphatic heterocycles. The third kappa shape index (κ3) is 4.81. The molecular weight excluding hydrogens is 390 g/mol. The van der Waals surface area contributed by atoms with Crippen molar-refractivity contribution in [3.63, 3.8) is 0 Å². The van der Waals surface area contributed by atoms with E-state index in [1.807, 2.05) is 36.9 Å². The number of carbonyl (C=O) groups is 1. The minimum Gasteiger partial charge on any atom is -0.343 e. The van der Waals surface area contributed by atoms with Gasteiger partial charge in [0, 0.05) is 31.3 Å². The normalized spacial score (nSPS) is 15.5. The van der Waals surface area contributed by atoms with Crippen molar-refractivity contribution in [3.8, 4) is 0 Å². The molecule has 0 fully saturated rings. The van der Waals surface area contributed by atoms with Crippen LogP contribution in [-0.4, -0.2) is 44.5 Å². The molecule has 28 heavy (non-hydrogen) atoms. The molecule has 1 amide bonds. The van der Waals surface area contributed by atoms with Crippen molar-refractivity contribution in [2.24, 2.45) is 0 Å². The summed E-state index contributed by atoms with van der Waals surface area (Å²) >= 11 is 3.00. The van der Waals surface area contributed by atoms with Crippen molar-refractivity contribution < 1.29 is 4.79 Å². The Kier molecular flexibility index (Phi) is 7.24. The summed E-state index contributed by atoms with van der Waals surface area (Å²) in [5.41, 5.74) is 2.11. The third-order valence-electron chi connectivity index (χ3n) is 4.87. The summed E-state index contributed by atoms with van der Waals surface area (Å²) in [6.07, 6.45) is 1.57. The topological polar surface area (TPSA) is 55.2 Å². The molecule has 0 saturated carbocycles. The van der Waals surface area contributed by atoms with E-state index in [1.165, 1.54) is 17.3 Å². The minimum absolute atomic E-state index is 0.0352. The van der Waals surface area contributed by atoms with E-state index in [0.29, 0.717) is 35.8 Å². The highest BCUT2D eigenvalue weighted by Gasteiger charge is 2.26. The molecule has 0 bridgehead atoms. The summed E-state index contributed by atoms with van der Waals surface area (Å²) in [7, 11) is 0. The van der Waals surface area contributed by atoms with Crippen molar-refractivity contribution in [2.75, 3.05) is 18.8 Å². The molecule has 1 aromatic heterocycles. The van der Waals surface area contributed by atoms with E-state index < -0.39 is 0 Å². The third-order valence-corrected chi connectivity index (χ3v) is 7.05. The van der Waals surface area contributed by atoms with Gasteiger partial charge in [-0.15, -0.1) is 11.8 Å². The van der Waals surface area contributed by atoms with E-state index in [1.54, 1.807) is 16.3 Å². The maximum absolute atomic E-state index is 13.1. The van der Waals surface area contributed by atoms with Gasteiger partial charge in [-0.1, -0.05) is 49.0 Å². The Morgan fingerprint density at radius 1 is 1.29 bits per heavy atom. The first-order chi connectivity index (χ1) is 13.5. The number of aromatic nitrogens is 2. The first-order valence-electron chi connectivity index (χ1n) is 9.78. The number of thioether (sulfide) groups is 2. The first kappa shape index (κ1) is 21.0. The number of nitrogens with zero attached hydrogens (tertiary/aromatic N) is 3.